The molecule has 2 rings (SSSR count). The molecule has 1 amide bonds. The van der Waals surface area contributed by atoms with Crippen molar-refractivity contribution in [1.82, 2.24) is 4.90 Å². The summed E-state index contributed by atoms with van der Waals surface area (Å²) in [5, 5.41) is 7.95. The van der Waals surface area contributed by atoms with Gasteiger partial charge in [-0.05, 0) is 17.7 Å². The summed E-state index contributed by atoms with van der Waals surface area (Å²) in [7, 11) is 1.55. The molecule has 1 atom stereocenters. The van der Waals surface area contributed by atoms with E-state index in [0.717, 1.165) is 5.56 Å². The van der Waals surface area contributed by atoms with E-state index in [1.165, 1.54) is 4.90 Å². The first kappa shape index (κ1) is 13.8. The van der Waals surface area contributed by atoms with E-state index in [0.29, 0.717) is 5.56 Å². The Kier molecular flexibility index (Phi) is 3.78. The van der Waals surface area contributed by atoms with Crippen LogP contribution in [0.5, 0.6) is 0 Å². The van der Waals surface area contributed by atoms with Gasteiger partial charge in [-0.3, -0.25) is 4.79 Å². The molecule has 1 unspecified atom stereocenters. The third-order valence-corrected chi connectivity index (χ3v) is 4.87. The second-order valence-electron chi connectivity index (χ2n) is 4.39. The number of nitrogens with zero attached hydrogens (tertiary/aromatic N) is 2. The van der Waals surface area contributed by atoms with Gasteiger partial charge in [0.05, 0.1) is 11.6 Å². The van der Waals surface area contributed by atoms with Gasteiger partial charge in [0, 0.05) is 30.2 Å². The molecular weight excluding hydrogens is 288 g/mol. The Labute approximate surface area is 115 Å². The topological polar surface area (TPSA) is 78.2 Å². The predicted octanol–water partition coefficient (Wildman–Crippen LogP) is 1.23. The fourth-order valence-corrected chi connectivity index (χ4v) is 3.09. The summed E-state index contributed by atoms with van der Waals surface area (Å²) in [6, 6.07) is 8.88. The van der Waals surface area contributed by atoms with Crippen molar-refractivity contribution in [3.63, 3.8) is 0 Å². The molecule has 0 aromatic heterocycles. The van der Waals surface area contributed by atoms with E-state index in [1.54, 1.807) is 24.3 Å². The normalized spacial score (nSPS) is 19.5. The molecule has 1 aromatic carbocycles. The third kappa shape index (κ3) is 3.25. The van der Waals surface area contributed by atoms with Gasteiger partial charge in [0.1, 0.15) is 5.25 Å². The maximum atomic E-state index is 11.7. The Morgan fingerprint density at radius 1 is 1.47 bits per heavy atom. The number of benzene rings is 1. The second kappa shape index (κ2) is 5.19. The number of amides is 1. The standard InChI is InChI=1S/C12H11ClN2O3S/c13-19(17,18)11-5-12(16)15(8-11)7-10-3-1-2-9(4-10)6-14/h1-4,11H,5,7-8H2. The van der Waals surface area contributed by atoms with Gasteiger partial charge in [-0.25, -0.2) is 8.42 Å². The first-order valence-electron chi connectivity index (χ1n) is 5.60. The molecule has 1 fully saturated rings. The van der Waals surface area contributed by atoms with Crippen LogP contribution in [-0.2, 0) is 20.4 Å². The summed E-state index contributed by atoms with van der Waals surface area (Å²) in [4.78, 5) is 13.2. The van der Waals surface area contributed by atoms with Crippen LogP contribution in [0.1, 0.15) is 17.5 Å². The fourth-order valence-electron chi connectivity index (χ4n) is 2.04. The van der Waals surface area contributed by atoms with E-state index in [2.05, 4.69) is 0 Å². The van der Waals surface area contributed by atoms with Crippen molar-refractivity contribution >= 4 is 25.6 Å². The molecule has 1 aromatic rings. The highest BCUT2D eigenvalue weighted by atomic mass is 35.7. The minimum Gasteiger partial charge on any atom is -0.337 e. The average Bonchev–Trinajstić information content (AvgIpc) is 2.71. The molecular formula is C12H11ClN2O3S. The molecule has 0 saturated carbocycles. The Morgan fingerprint density at radius 3 is 2.79 bits per heavy atom. The van der Waals surface area contributed by atoms with Crippen LogP contribution in [0.3, 0.4) is 0 Å². The van der Waals surface area contributed by atoms with Gasteiger partial charge in [0.2, 0.25) is 15.0 Å². The van der Waals surface area contributed by atoms with Crippen LogP contribution >= 0.6 is 10.7 Å². The number of carbonyl (C=O) groups is 1. The van der Waals surface area contributed by atoms with Crippen molar-refractivity contribution in [3.05, 3.63) is 35.4 Å². The summed E-state index contributed by atoms with van der Waals surface area (Å²) < 4.78 is 22.4. The highest BCUT2D eigenvalue weighted by Crippen LogP contribution is 2.23. The summed E-state index contributed by atoms with van der Waals surface area (Å²) in [6.07, 6.45) is -0.0796. The van der Waals surface area contributed by atoms with Gasteiger partial charge < -0.3 is 4.90 Å². The fraction of sp³-hybridized carbons (Fsp3) is 0.333. The summed E-state index contributed by atoms with van der Waals surface area (Å²) in [5.74, 6) is -0.239. The van der Waals surface area contributed by atoms with Crippen LogP contribution in [-0.4, -0.2) is 31.0 Å². The van der Waals surface area contributed by atoms with Crippen molar-refractivity contribution in [2.75, 3.05) is 6.54 Å². The summed E-state index contributed by atoms with van der Waals surface area (Å²) >= 11 is 0. The number of hydrogen-bond acceptors (Lipinski definition) is 4. The molecule has 1 aliphatic rings. The Hall–Kier alpha value is -1.58. The quantitative estimate of drug-likeness (QED) is 0.786. The molecule has 0 aliphatic carbocycles. The lowest BCUT2D eigenvalue weighted by molar-refractivity contribution is -0.128. The van der Waals surface area contributed by atoms with E-state index in [4.69, 9.17) is 15.9 Å². The predicted molar refractivity (Wildman–Crippen MR) is 69.8 cm³/mol. The minimum atomic E-state index is -3.72. The van der Waals surface area contributed by atoms with Gasteiger partial charge in [-0.2, -0.15) is 5.26 Å². The van der Waals surface area contributed by atoms with Crippen molar-refractivity contribution in [2.24, 2.45) is 0 Å². The SMILES string of the molecule is N#Cc1cccc(CN2CC(S(=O)(=O)Cl)CC2=O)c1. The van der Waals surface area contributed by atoms with Gasteiger partial charge in [-0.1, -0.05) is 12.1 Å². The monoisotopic (exact) mass is 298 g/mol. The third-order valence-electron chi connectivity index (χ3n) is 3.01. The van der Waals surface area contributed by atoms with Crippen LogP contribution in [0.15, 0.2) is 24.3 Å². The van der Waals surface area contributed by atoms with E-state index >= 15 is 0 Å². The molecule has 1 saturated heterocycles. The summed E-state index contributed by atoms with van der Waals surface area (Å²) in [6.45, 7) is 0.388. The van der Waals surface area contributed by atoms with Crippen LogP contribution in [0.2, 0.25) is 0 Å². The van der Waals surface area contributed by atoms with Crippen LogP contribution in [0.4, 0.5) is 0 Å². The molecule has 0 radical (unpaired) electrons. The van der Waals surface area contributed by atoms with Crippen molar-refractivity contribution in [3.8, 4) is 6.07 Å². The molecule has 1 heterocycles. The van der Waals surface area contributed by atoms with E-state index in [9.17, 15) is 13.2 Å². The Morgan fingerprint density at radius 2 is 2.21 bits per heavy atom. The van der Waals surface area contributed by atoms with Crippen molar-refractivity contribution in [2.45, 2.75) is 18.2 Å². The van der Waals surface area contributed by atoms with Crippen molar-refractivity contribution < 1.29 is 13.2 Å². The molecule has 1 aliphatic heterocycles. The average molecular weight is 299 g/mol. The minimum absolute atomic E-state index is 0.0796. The highest BCUT2D eigenvalue weighted by molar-refractivity contribution is 8.14. The van der Waals surface area contributed by atoms with Crippen LogP contribution in [0.25, 0.3) is 0 Å². The van der Waals surface area contributed by atoms with E-state index in [-0.39, 0.29) is 25.4 Å². The lowest BCUT2D eigenvalue weighted by Crippen LogP contribution is -2.26. The molecule has 5 nitrogen and oxygen atoms in total. The number of rotatable bonds is 3. The molecule has 19 heavy (non-hydrogen) atoms. The lowest BCUT2D eigenvalue weighted by Gasteiger charge is -2.16. The number of hydrogen-bond donors (Lipinski definition) is 0. The highest BCUT2D eigenvalue weighted by Gasteiger charge is 2.37. The van der Waals surface area contributed by atoms with E-state index < -0.39 is 14.3 Å². The first-order chi connectivity index (χ1) is 8.90. The maximum absolute atomic E-state index is 11.7. The zero-order valence-electron chi connectivity index (χ0n) is 9.91. The maximum Gasteiger partial charge on any atom is 0.237 e. The largest absolute Gasteiger partial charge is 0.337 e. The number of likely N-dealkylation sites (tertiary alicyclic amines) is 1. The Balaban J connectivity index is 2.12. The first-order valence-corrected chi connectivity index (χ1v) is 7.97. The Bertz CT molecular complexity index is 651. The van der Waals surface area contributed by atoms with Crippen molar-refractivity contribution in [1.29, 1.82) is 5.26 Å². The summed E-state index contributed by atoms with van der Waals surface area (Å²) in [5.41, 5.74) is 1.30. The zero-order valence-corrected chi connectivity index (χ0v) is 11.5. The van der Waals surface area contributed by atoms with Crippen LogP contribution in [0, 0.1) is 11.3 Å². The molecule has 7 heteroatoms. The van der Waals surface area contributed by atoms with Gasteiger partial charge in [0.15, 0.2) is 0 Å². The molecule has 0 bridgehead atoms. The number of nitriles is 1. The number of halogens is 1. The van der Waals surface area contributed by atoms with Gasteiger partial charge >= 0.3 is 0 Å². The molecule has 100 valence electrons. The van der Waals surface area contributed by atoms with Gasteiger partial charge in [0.25, 0.3) is 0 Å². The van der Waals surface area contributed by atoms with Crippen LogP contribution < -0.4 is 0 Å². The smallest absolute Gasteiger partial charge is 0.237 e. The van der Waals surface area contributed by atoms with E-state index in [1.807, 2.05) is 6.07 Å². The lowest BCUT2D eigenvalue weighted by atomic mass is 10.1. The second-order valence-corrected chi connectivity index (χ2v) is 7.30. The van der Waals surface area contributed by atoms with Gasteiger partial charge in [-0.15, -0.1) is 0 Å². The molecule has 0 N–H and O–H groups in total. The molecule has 0 spiro atoms. The number of carbonyl (C=O) groups excluding carboxylic acids is 1. The zero-order chi connectivity index (χ0) is 14.0.